The Morgan fingerprint density at radius 1 is 1.11 bits per heavy atom. The fourth-order valence-corrected chi connectivity index (χ4v) is 3.69. The van der Waals surface area contributed by atoms with Crippen LogP contribution in [0.3, 0.4) is 0 Å². The molecule has 1 aromatic rings. The van der Waals surface area contributed by atoms with Crippen LogP contribution in [0.5, 0.6) is 5.75 Å². The molecule has 8 nitrogen and oxygen atoms in total. The van der Waals surface area contributed by atoms with E-state index in [1.165, 1.54) is 25.3 Å². The van der Waals surface area contributed by atoms with Gasteiger partial charge in [0.1, 0.15) is 0 Å². The first-order valence-electron chi connectivity index (χ1n) is 8.42. The molecule has 8 heteroatoms. The van der Waals surface area contributed by atoms with Crippen LogP contribution in [0.4, 0.5) is 5.69 Å². The number of ether oxygens (including phenoxy) is 2. The first kappa shape index (κ1) is 22.6. The number of rotatable bonds is 6. The van der Waals surface area contributed by atoms with Crippen LogP contribution in [-0.2, 0) is 20.9 Å². The largest absolute Gasteiger partial charge is 0.480 e. The van der Waals surface area contributed by atoms with Gasteiger partial charge in [-0.15, -0.1) is 0 Å². The van der Waals surface area contributed by atoms with E-state index in [0.717, 1.165) is 0 Å². The van der Waals surface area contributed by atoms with E-state index < -0.39 is 38.8 Å². The van der Waals surface area contributed by atoms with Crippen molar-refractivity contribution in [3.8, 4) is 5.75 Å². The van der Waals surface area contributed by atoms with Gasteiger partial charge in [-0.2, -0.15) is 0 Å². The first-order valence-corrected chi connectivity index (χ1v) is 8.42. The molecule has 1 N–H and O–H groups in total. The first-order chi connectivity index (χ1) is 12.2. The summed E-state index contributed by atoms with van der Waals surface area (Å²) >= 11 is 0. The fourth-order valence-electron chi connectivity index (χ4n) is 3.69. The molecular weight excluding hydrogens is 354 g/mol. The lowest BCUT2D eigenvalue weighted by molar-refractivity contribution is -0.385. The number of nitrogens with zero attached hydrogens (tertiary/aromatic N) is 1. The highest BCUT2D eigenvalue weighted by Crippen LogP contribution is 2.53. The van der Waals surface area contributed by atoms with Crippen molar-refractivity contribution in [3.63, 3.8) is 0 Å². The van der Waals surface area contributed by atoms with Crippen molar-refractivity contribution in [2.45, 2.75) is 48.1 Å². The molecule has 0 saturated heterocycles. The number of carboxylic acid groups (broad SMARTS) is 1. The molecule has 0 aromatic heterocycles. The summed E-state index contributed by atoms with van der Waals surface area (Å²) in [5.41, 5.74) is -3.86. The molecule has 1 aromatic carbocycles. The van der Waals surface area contributed by atoms with E-state index >= 15 is 0 Å². The molecule has 0 unspecified atom stereocenters. The highest BCUT2D eigenvalue weighted by Gasteiger charge is 2.64. The number of benzene rings is 1. The number of hydrogen-bond donors (Lipinski definition) is 1. The van der Waals surface area contributed by atoms with Crippen LogP contribution in [0.2, 0.25) is 0 Å². The van der Waals surface area contributed by atoms with Gasteiger partial charge >= 0.3 is 17.6 Å². The standard InChI is InChI=1S/C19H27NO7/c1-17(2,3)19(15(21)22,18(4,5)6)16(23)27-14-9-8-12(11-26-7)10-13(14)20(24)25/h8-10H,11H2,1-7H3,(H,21,22). The number of carbonyl (C=O) groups excluding carboxylic acids is 1. The van der Waals surface area contributed by atoms with Gasteiger partial charge in [-0.05, 0) is 22.5 Å². The third-order valence-electron chi connectivity index (χ3n) is 4.61. The molecule has 1 rings (SSSR count). The van der Waals surface area contributed by atoms with Crippen molar-refractivity contribution in [1.29, 1.82) is 0 Å². The lowest BCUT2D eigenvalue weighted by Gasteiger charge is -2.47. The third-order valence-corrected chi connectivity index (χ3v) is 4.61. The maximum atomic E-state index is 13.1. The van der Waals surface area contributed by atoms with Crippen molar-refractivity contribution >= 4 is 17.6 Å². The van der Waals surface area contributed by atoms with Crippen LogP contribution < -0.4 is 4.74 Å². The van der Waals surface area contributed by atoms with E-state index in [9.17, 15) is 24.8 Å². The Balaban J connectivity index is 3.52. The van der Waals surface area contributed by atoms with Crippen LogP contribution in [0, 0.1) is 26.4 Å². The maximum Gasteiger partial charge on any atom is 0.330 e. The van der Waals surface area contributed by atoms with Crippen molar-refractivity contribution in [3.05, 3.63) is 33.9 Å². The van der Waals surface area contributed by atoms with Crippen molar-refractivity contribution in [1.82, 2.24) is 0 Å². The van der Waals surface area contributed by atoms with Gasteiger partial charge in [-0.3, -0.25) is 19.7 Å². The van der Waals surface area contributed by atoms with Crippen molar-refractivity contribution in [2.75, 3.05) is 7.11 Å². The van der Waals surface area contributed by atoms with Gasteiger partial charge in [0.2, 0.25) is 5.75 Å². The Morgan fingerprint density at radius 2 is 1.63 bits per heavy atom. The minimum atomic E-state index is -1.93. The second-order valence-corrected chi connectivity index (χ2v) is 8.44. The van der Waals surface area contributed by atoms with Crippen molar-refractivity contribution < 1.29 is 29.1 Å². The molecule has 0 atom stereocenters. The Morgan fingerprint density at radius 3 is 2.00 bits per heavy atom. The molecule has 0 fully saturated rings. The van der Waals surface area contributed by atoms with E-state index in [2.05, 4.69) is 0 Å². The van der Waals surface area contributed by atoms with E-state index in [4.69, 9.17) is 9.47 Å². The Bertz CT molecular complexity index is 727. The zero-order valence-electron chi connectivity index (χ0n) is 16.8. The number of hydrogen-bond acceptors (Lipinski definition) is 6. The van der Waals surface area contributed by atoms with Gasteiger partial charge < -0.3 is 14.6 Å². The number of nitro groups is 1. The second-order valence-electron chi connectivity index (χ2n) is 8.44. The van der Waals surface area contributed by atoms with Crippen LogP contribution >= 0.6 is 0 Å². The average Bonchev–Trinajstić information content (AvgIpc) is 2.45. The molecule has 0 heterocycles. The van der Waals surface area contributed by atoms with Gasteiger partial charge in [0.05, 0.1) is 11.5 Å². The molecule has 0 aliphatic heterocycles. The van der Waals surface area contributed by atoms with E-state index in [0.29, 0.717) is 5.56 Å². The molecule has 0 bridgehead atoms. The van der Waals surface area contributed by atoms with Gasteiger partial charge in [0, 0.05) is 13.2 Å². The minimum absolute atomic E-state index is 0.151. The smallest absolute Gasteiger partial charge is 0.330 e. The lowest BCUT2D eigenvalue weighted by atomic mass is 9.54. The number of methoxy groups -OCH3 is 1. The summed E-state index contributed by atoms with van der Waals surface area (Å²) < 4.78 is 10.3. The summed E-state index contributed by atoms with van der Waals surface area (Å²) in [5, 5.41) is 21.4. The number of aliphatic carboxylic acids is 1. The Kier molecular flexibility index (Phi) is 6.38. The van der Waals surface area contributed by atoms with Crippen LogP contribution in [0.25, 0.3) is 0 Å². The minimum Gasteiger partial charge on any atom is -0.480 e. The van der Waals surface area contributed by atoms with Gasteiger partial charge in [-0.25, -0.2) is 0 Å². The number of nitro benzene ring substituents is 1. The zero-order valence-corrected chi connectivity index (χ0v) is 16.8. The predicted molar refractivity (Wildman–Crippen MR) is 98.4 cm³/mol. The summed E-state index contributed by atoms with van der Waals surface area (Å²) in [6.07, 6.45) is 0. The number of carboxylic acids is 1. The predicted octanol–water partition coefficient (Wildman–Crippen LogP) is 3.81. The van der Waals surface area contributed by atoms with Crippen molar-refractivity contribution in [2.24, 2.45) is 16.2 Å². The molecule has 0 amide bonds. The molecular formula is C19H27NO7. The number of esters is 1. The van der Waals surface area contributed by atoms with E-state index in [1.807, 2.05) is 0 Å². The zero-order chi connectivity index (χ0) is 21.2. The van der Waals surface area contributed by atoms with Crippen LogP contribution in [-0.4, -0.2) is 29.1 Å². The molecule has 0 aliphatic carbocycles. The van der Waals surface area contributed by atoms with E-state index in [-0.39, 0.29) is 12.4 Å². The summed E-state index contributed by atoms with van der Waals surface area (Å²) in [7, 11) is 1.45. The monoisotopic (exact) mass is 381 g/mol. The third kappa shape index (κ3) is 4.10. The molecule has 150 valence electrons. The lowest BCUT2D eigenvalue weighted by Crippen LogP contribution is -2.59. The molecule has 0 spiro atoms. The SMILES string of the molecule is COCc1ccc(OC(=O)C(C(=O)O)(C(C)(C)C)C(C)(C)C)c([N+](=O)[O-])c1. The van der Waals surface area contributed by atoms with E-state index in [1.54, 1.807) is 41.5 Å². The van der Waals surface area contributed by atoms with Gasteiger partial charge in [0.25, 0.3) is 0 Å². The van der Waals surface area contributed by atoms with Gasteiger partial charge in [-0.1, -0.05) is 47.6 Å². The highest BCUT2D eigenvalue weighted by molar-refractivity contribution is 6.02. The van der Waals surface area contributed by atoms with Crippen LogP contribution in [0.1, 0.15) is 47.1 Å². The molecule has 0 aliphatic rings. The molecule has 27 heavy (non-hydrogen) atoms. The topological polar surface area (TPSA) is 116 Å². The molecule has 0 radical (unpaired) electrons. The maximum absolute atomic E-state index is 13.1. The summed E-state index contributed by atoms with van der Waals surface area (Å²) in [4.78, 5) is 36.1. The van der Waals surface area contributed by atoms with Gasteiger partial charge in [0.15, 0.2) is 5.41 Å². The fraction of sp³-hybridized carbons (Fsp3) is 0.579. The Hall–Kier alpha value is -2.48. The van der Waals surface area contributed by atoms with Crippen LogP contribution in [0.15, 0.2) is 18.2 Å². The Labute approximate surface area is 158 Å². The number of carbonyl (C=O) groups is 2. The summed E-state index contributed by atoms with van der Waals surface area (Å²) in [5.74, 6) is -2.69. The highest BCUT2D eigenvalue weighted by atomic mass is 16.6. The molecule has 0 saturated carbocycles. The summed E-state index contributed by atoms with van der Waals surface area (Å²) in [6.45, 7) is 9.92. The summed E-state index contributed by atoms with van der Waals surface area (Å²) in [6, 6.07) is 4.04. The normalized spacial score (nSPS) is 12.6. The average molecular weight is 381 g/mol. The quantitative estimate of drug-likeness (QED) is 0.262. The second kappa shape index (κ2) is 7.64.